The zero-order chi connectivity index (χ0) is 39.9. The Hall–Kier alpha value is -4.95. The lowest BCUT2D eigenvalue weighted by Gasteiger charge is -2.39. The molecule has 56 heavy (non-hydrogen) atoms. The fraction of sp³-hybridized carbons (Fsp3) is 0.381. The van der Waals surface area contributed by atoms with E-state index in [9.17, 15) is 40.3 Å². The summed E-state index contributed by atoms with van der Waals surface area (Å²) in [6.07, 6.45) is -8.28. The highest BCUT2D eigenvalue weighted by Crippen LogP contribution is 2.38. The van der Waals surface area contributed by atoms with E-state index in [1.807, 2.05) is 0 Å². The van der Waals surface area contributed by atoms with E-state index in [1.165, 1.54) is 29.2 Å². The lowest BCUT2D eigenvalue weighted by atomic mass is 9.83. The van der Waals surface area contributed by atoms with Gasteiger partial charge >= 0.3 is 12.4 Å². The number of rotatable bonds is 12. The van der Waals surface area contributed by atoms with Crippen molar-refractivity contribution in [3.05, 3.63) is 131 Å². The summed E-state index contributed by atoms with van der Waals surface area (Å²) in [7, 11) is 0. The van der Waals surface area contributed by atoms with Crippen LogP contribution in [0.4, 0.5) is 36.4 Å². The van der Waals surface area contributed by atoms with Crippen LogP contribution in [0.15, 0.2) is 97.1 Å². The quantitative estimate of drug-likeness (QED) is 0.134. The van der Waals surface area contributed by atoms with Crippen molar-refractivity contribution in [1.82, 2.24) is 9.80 Å². The molecule has 0 bridgehead atoms. The van der Waals surface area contributed by atoms with Gasteiger partial charge in [0.2, 0.25) is 0 Å². The van der Waals surface area contributed by atoms with Crippen LogP contribution in [0.25, 0.3) is 0 Å². The molecule has 4 aromatic rings. The van der Waals surface area contributed by atoms with E-state index in [1.54, 1.807) is 59.5 Å². The number of amides is 2. The van der Waals surface area contributed by atoms with Gasteiger partial charge in [0.1, 0.15) is 18.2 Å². The molecule has 7 nitrogen and oxygen atoms in total. The number of anilines is 1. The molecule has 6 rings (SSSR count). The van der Waals surface area contributed by atoms with Gasteiger partial charge in [0.15, 0.2) is 0 Å². The minimum Gasteiger partial charge on any atom is -0.492 e. The smallest absolute Gasteiger partial charge is 0.416 e. The van der Waals surface area contributed by atoms with Gasteiger partial charge in [-0.25, -0.2) is 4.39 Å². The van der Waals surface area contributed by atoms with Crippen LogP contribution in [0.5, 0.6) is 5.75 Å². The molecule has 14 heteroatoms. The van der Waals surface area contributed by atoms with Gasteiger partial charge < -0.3 is 19.3 Å². The molecule has 1 heterocycles. The predicted molar refractivity (Wildman–Crippen MR) is 196 cm³/mol. The lowest BCUT2D eigenvalue weighted by molar-refractivity contribution is -0.143. The minimum atomic E-state index is -5.12. The summed E-state index contributed by atoms with van der Waals surface area (Å²) < 4.78 is 108. The van der Waals surface area contributed by atoms with E-state index in [0.29, 0.717) is 81.2 Å². The van der Waals surface area contributed by atoms with Crippen molar-refractivity contribution in [2.24, 2.45) is 5.92 Å². The maximum Gasteiger partial charge on any atom is 0.416 e. The summed E-state index contributed by atoms with van der Waals surface area (Å²) in [6.45, 7) is 4.10. The molecular weight excluding hydrogens is 743 g/mol. The minimum absolute atomic E-state index is 0.00580. The molecule has 2 amide bonds. The number of hydrogen-bond acceptors (Lipinski definition) is 5. The summed E-state index contributed by atoms with van der Waals surface area (Å²) in [5.41, 5.74) is -2.46. The number of carbonyl (C=O) groups is 2. The number of hydrogen-bond donors (Lipinski definition) is 0. The SMILES string of the molecule is O=C(c1ccc(F)cc1)N(CC1CCCC(N(Cc2ccccc2)C(=O)c2cc(C(F)(F)F)cc(C(F)(F)F)c2)C1)c1cccc(OCCN2CCOCC2)c1. The van der Waals surface area contributed by atoms with Gasteiger partial charge in [0.05, 0.1) is 24.3 Å². The Bertz CT molecular complexity index is 1900. The highest BCUT2D eigenvalue weighted by molar-refractivity contribution is 6.06. The van der Waals surface area contributed by atoms with E-state index in [2.05, 4.69) is 4.90 Å². The maximum absolute atomic E-state index is 14.2. The van der Waals surface area contributed by atoms with Crippen molar-refractivity contribution in [1.29, 1.82) is 0 Å². The van der Waals surface area contributed by atoms with Crippen LogP contribution in [0.1, 0.15) is 63.1 Å². The Labute approximate surface area is 320 Å². The van der Waals surface area contributed by atoms with Crippen LogP contribution < -0.4 is 9.64 Å². The Kier molecular flexibility index (Phi) is 13.0. The first kappa shape index (κ1) is 40.7. The number of morpholine rings is 1. The summed E-state index contributed by atoms with van der Waals surface area (Å²) in [5, 5.41) is 0. The van der Waals surface area contributed by atoms with Crippen molar-refractivity contribution in [2.75, 3.05) is 50.9 Å². The fourth-order valence-electron chi connectivity index (χ4n) is 7.27. The van der Waals surface area contributed by atoms with Gasteiger partial charge in [-0.1, -0.05) is 42.8 Å². The Morgan fingerprint density at radius 3 is 2.11 bits per heavy atom. The topological polar surface area (TPSA) is 62.3 Å². The van der Waals surface area contributed by atoms with Crippen LogP contribution in [0.3, 0.4) is 0 Å². The molecule has 1 saturated carbocycles. The first-order valence-electron chi connectivity index (χ1n) is 18.5. The number of benzene rings is 4. The molecule has 2 fully saturated rings. The third kappa shape index (κ3) is 10.7. The molecule has 1 aliphatic carbocycles. The lowest BCUT2D eigenvalue weighted by Crippen LogP contribution is -2.45. The largest absolute Gasteiger partial charge is 0.492 e. The third-order valence-corrected chi connectivity index (χ3v) is 10.2. The van der Waals surface area contributed by atoms with Gasteiger partial charge in [0, 0.05) is 61.6 Å². The first-order chi connectivity index (χ1) is 26.7. The van der Waals surface area contributed by atoms with Crippen LogP contribution in [0, 0.1) is 11.7 Å². The molecule has 0 spiro atoms. The predicted octanol–water partition coefficient (Wildman–Crippen LogP) is 9.12. The number of nitrogens with zero attached hydrogens (tertiary/aromatic N) is 3. The number of carbonyl (C=O) groups excluding carboxylic acids is 2. The second-order valence-electron chi connectivity index (χ2n) is 14.1. The Balaban J connectivity index is 1.28. The van der Waals surface area contributed by atoms with Gasteiger partial charge in [-0.2, -0.15) is 26.3 Å². The zero-order valence-electron chi connectivity index (χ0n) is 30.5. The second-order valence-corrected chi connectivity index (χ2v) is 14.1. The molecule has 1 saturated heterocycles. The molecule has 1 aliphatic heterocycles. The molecule has 0 radical (unpaired) electrons. The molecule has 2 unspecified atom stereocenters. The molecule has 0 N–H and O–H groups in total. The van der Waals surface area contributed by atoms with E-state index in [-0.39, 0.29) is 30.6 Å². The van der Waals surface area contributed by atoms with Gasteiger partial charge in [0.25, 0.3) is 11.8 Å². The summed E-state index contributed by atoms with van der Waals surface area (Å²) in [5.74, 6) is -1.57. The fourth-order valence-corrected chi connectivity index (χ4v) is 7.27. The van der Waals surface area contributed by atoms with E-state index in [4.69, 9.17) is 9.47 Å². The average Bonchev–Trinajstić information content (AvgIpc) is 3.19. The van der Waals surface area contributed by atoms with Crippen molar-refractivity contribution >= 4 is 17.5 Å². The maximum atomic E-state index is 14.2. The number of halogens is 7. The van der Waals surface area contributed by atoms with Crippen molar-refractivity contribution in [3.63, 3.8) is 0 Å². The number of ether oxygens (including phenoxy) is 2. The van der Waals surface area contributed by atoms with Gasteiger partial charge in [-0.15, -0.1) is 0 Å². The molecule has 298 valence electrons. The van der Waals surface area contributed by atoms with Crippen LogP contribution in [-0.4, -0.2) is 73.7 Å². The van der Waals surface area contributed by atoms with Gasteiger partial charge in [-0.05, 0) is 85.3 Å². The molecule has 2 aliphatic rings. The van der Waals surface area contributed by atoms with Crippen LogP contribution in [-0.2, 0) is 23.6 Å². The molecular formula is C42H42F7N3O4. The standard InChI is InChI=1S/C42H42F7N3O4/c43-35-14-12-31(13-15-35)39(53)52(37-10-5-11-38(26-37)56-21-18-50-16-19-55-20-17-50)28-30-8-4-9-36(22-30)51(27-29-6-2-1-3-7-29)40(54)32-23-33(41(44,45)46)25-34(24-32)42(47,48)49/h1-3,5-7,10-15,23-26,30,36H,4,8-9,16-22,27-28H2. The zero-order valence-corrected chi connectivity index (χ0v) is 30.5. The van der Waals surface area contributed by atoms with Crippen LogP contribution in [0.2, 0.25) is 0 Å². The molecule has 2 atom stereocenters. The highest BCUT2D eigenvalue weighted by Gasteiger charge is 2.39. The summed E-state index contributed by atoms with van der Waals surface area (Å²) in [4.78, 5) is 33.5. The summed E-state index contributed by atoms with van der Waals surface area (Å²) in [6, 6.07) is 21.2. The van der Waals surface area contributed by atoms with E-state index in [0.717, 1.165) is 13.1 Å². The first-order valence-corrected chi connectivity index (χ1v) is 18.5. The van der Waals surface area contributed by atoms with Gasteiger partial charge in [-0.3, -0.25) is 14.5 Å². The average molecular weight is 786 g/mol. The van der Waals surface area contributed by atoms with Crippen molar-refractivity contribution < 1.29 is 49.8 Å². The van der Waals surface area contributed by atoms with Crippen molar-refractivity contribution in [3.8, 4) is 5.75 Å². The second kappa shape index (κ2) is 17.9. The van der Waals surface area contributed by atoms with Crippen LogP contribution >= 0.6 is 0 Å². The molecule has 0 aromatic heterocycles. The number of alkyl halides is 6. The Morgan fingerprint density at radius 2 is 1.45 bits per heavy atom. The van der Waals surface area contributed by atoms with E-state index >= 15 is 0 Å². The molecule has 4 aromatic carbocycles. The summed E-state index contributed by atoms with van der Waals surface area (Å²) >= 11 is 0. The third-order valence-electron chi connectivity index (χ3n) is 10.2. The monoisotopic (exact) mass is 785 g/mol. The van der Waals surface area contributed by atoms with E-state index < -0.39 is 52.7 Å². The Morgan fingerprint density at radius 1 is 0.768 bits per heavy atom. The normalized spacial score (nSPS) is 18.0. The highest BCUT2D eigenvalue weighted by atomic mass is 19.4. The van der Waals surface area contributed by atoms with Crippen molar-refractivity contribution in [2.45, 2.75) is 50.6 Å².